The number of benzene rings is 2. The van der Waals surface area contributed by atoms with Gasteiger partial charge >= 0.3 is 0 Å². The molecule has 7 heteroatoms. The number of aromatic nitrogens is 3. The standard InChI is InChI=1S/C21H19BrClN3O2/c1-25-10-16(23)14-7-12(5-6-17(14)25)20-19(24-11-26(20)2)13-8-15(22)21(28-4)18(9-13)27-3/h5-11H,1-4H3. The molecule has 2 heterocycles. The second-order valence-corrected chi connectivity index (χ2v) is 7.83. The summed E-state index contributed by atoms with van der Waals surface area (Å²) in [6.45, 7) is 0. The van der Waals surface area contributed by atoms with E-state index < -0.39 is 0 Å². The lowest BCUT2D eigenvalue weighted by atomic mass is 10.0. The molecule has 0 saturated heterocycles. The van der Waals surface area contributed by atoms with Crippen LogP contribution in [0.25, 0.3) is 33.4 Å². The van der Waals surface area contributed by atoms with Gasteiger partial charge in [0.05, 0.1) is 41.4 Å². The number of hydrogen-bond donors (Lipinski definition) is 0. The summed E-state index contributed by atoms with van der Waals surface area (Å²) in [5.74, 6) is 1.30. The van der Waals surface area contributed by atoms with E-state index in [4.69, 9.17) is 21.1 Å². The zero-order chi connectivity index (χ0) is 20.0. The van der Waals surface area contributed by atoms with Gasteiger partial charge in [-0.25, -0.2) is 4.98 Å². The van der Waals surface area contributed by atoms with Crippen molar-refractivity contribution >= 4 is 38.4 Å². The van der Waals surface area contributed by atoms with Crippen LogP contribution in [0, 0.1) is 0 Å². The lowest BCUT2D eigenvalue weighted by Crippen LogP contribution is -1.95. The minimum atomic E-state index is 0.644. The van der Waals surface area contributed by atoms with Gasteiger partial charge in [0.2, 0.25) is 0 Å². The molecule has 0 amide bonds. The highest BCUT2D eigenvalue weighted by Crippen LogP contribution is 2.41. The smallest absolute Gasteiger partial charge is 0.174 e. The minimum absolute atomic E-state index is 0.644. The minimum Gasteiger partial charge on any atom is -0.493 e. The van der Waals surface area contributed by atoms with Crippen molar-refractivity contribution in [3.8, 4) is 34.0 Å². The third-order valence-corrected chi connectivity index (χ3v) is 5.75. The van der Waals surface area contributed by atoms with Crippen LogP contribution in [0.1, 0.15) is 0 Å². The van der Waals surface area contributed by atoms with Crippen LogP contribution in [0.4, 0.5) is 0 Å². The Bertz CT molecular complexity index is 1200. The maximum Gasteiger partial charge on any atom is 0.174 e. The van der Waals surface area contributed by atoms with Gasteiger partial charge in [0.1, 0.15) is 0 Å². The molecule has 0 spiro atoms. The summed E-state index contributed by atoms with van der Waals surface area (Å²) < 4.78 is 15.8. The predicted molar refractivity (Wildman–Crippen MR) is 116 cm³/mol. The summed E-state index contributed by atoms with van der Waals surface area (Å²) in [6.07, 6.45) is 3.73. The first-order chi connectivity index (χ1) is 13.4. The van der Waals surface area contributed by atoms with Crippen molar-refractivity contribution in [1.82, 2.24) is 14.1 Å². The van der Waals surface area contributed by atoms with Crippen LogP contribution < -0.4 is 9.47 Å². The fraction of sp³-hybridized carbons (Fsp3) is 0.190. The molecule has 0 bridgehead atoms. The Morgan fingerprint density at radius 3 is 2.50 bits per heavy atom. The maximum absolute atomic E-state index is 6.42. The third-order valence-electron chi connectivity index (χ3n) is 4.86. The van der Waals surface area contributed by atoms with Crippen LogP contribution in [-0.4, -0.2) is 28.3 Å². The molecular weight excluding hydrogens is 442 g/mol. The Morgan fingerprint density at radius 2 is 1.79 bits per heavy atom. The highest BCUT2D eigenvalue weighted by atomic mass is 79.9. The van der Waals surface area contributed by atoms with Crippen molar-refractivity contribution in [2.75, 3.05) is 14.2 Å². The van der Waals surface area contributed by atoms with E-state index in [1.165, 1.54) is 0 Å². The first-order valence-corrected chi connectivity index (χ1v) is 9.79. The quantitative estimate of drug-likeness (QED) is 0.393. The summed E-state index contributed by atoms with van der Waals surface area (Å²) in [7, 11) is 7.22. The molecule has 2 aromatic heterocycles. The largest absolute Gasteiger partial charge is 0.493 e. The van der Waals surface area contributed by atoms with Gasteiger partial charge in [-0.05, 0) is 40.2 Å². The summed E-state index contributed by atoms with van der Waals surface area (Å²) in [4.78, 5) is 4.65. The number of fused-ring (bicyclic) bond motifs is 1. The van der Waals surface area contributed by atoms with Gasteiger partial charge in [0, 0.05) is 42.3 Å². The number of imidazole rings is 1. The summed E-state index contributed by atoms with van der Waals surface area (Å²) in [5.41, 5.74) is 4.92. The zero-order valence-electron chi connectivity index (χ0n) is 16.0. The molecule has 0 radical (unpaired) electrons. The number of halogens is 2. The SMILES string of the molecule is COc1cc(-c2ncn(C)c2-c2ccc3c(c2)c(Cl)cn3C)cc(Br)c1OC. The number of aryl methyl sites for hydroxylation is 2. The predicted octanol–water partition coefficient (Wildman–Crippen LogP) is 5.68. The van der Waals surface area contributed by atoms with Crippen molar-refractivity contribution in [2.45, 2.75) is 0 Å². The molecule has 0 aliphatic carbocycles. The van der Waals surface area contributed by atoms with Crippen LogP contribution in [0.2, 0.25) is 5.02 Å². The lowest BCUT2D eigenvalue weighted by molar-refractivity contribution is 0.353. The molecule has 0 fully saturated rings. The second-order valence-electron chi connectivity index (χ2n) is 6.57. The molecular formula is C21H19BrClN3O2. The van der Waals surface area contributed by atoms with Crippen molar-refractivity contribution < 1.29 is 9.47 Å². The van der Waals surface area contributed by atoms with Crippen molar-refractivity contribution in [2.24, 2.45) is 14.1 Å². The van der Waals surface area contributed by atoms with Gasteiger partial charge in [0.25, 0.3) is 0 Å². The average molecular weight is 461 g/mol. The summed E-state index contributed by atoms with van der Waals surface area (Å²) >= 11 is 9.99. The highest BCUT2D eigenvalue weighted by molar-refractivity contribution is 9.10. The Morgan fingerprint density at radius 1 is 1.00 bits per heavy atom. The van der Waals surface area contributed by atoms with E-state index in [2.05, 4.69) is 39.1 Å². The molecule has 0 N–H and O–H groups in total. The molecule has 0 unspecified atom stereocenters. The van der Waals surface area contributed by atoms with Crippen LogP contribution >= 0.6 is 27.5 Å². The van der Waals surface area contributed by atoms with Crippen molar-refractivity contribution in [1.29, 1.82) is 0 Å². The van der Waals surface area contributed by atoms with E-state index in [0.29, 0.717) is 11.5 Å². The molecule has 28 heavy (non-hydrogen) atoms. The molecule has 4 aromatic rings. The van der Waals surface area contributed by atoms with Gasteiger partial charge in [-0.2, -0.15) is 0 Å². The lowest BCUT2D eigenvalue weighted by Gasteiger charge is -2.13. The van der Waals surface area contributed by atoms with Gasteiger partial charge in [-0.1, -0.05) is 17.7 Å². The molecule has 0 aliphatic heterocycles. The van der Waals surface area contributed by atoms with Gasteiger partial charge in [-0.15, -0.1) is 0 Å². The number of ether oxygens (including phenoxy) is 2. The van der Waals surface area contributed by atoms with Crippen LogP contribution in [0.15, 0.2) is 47.3 Å². The maximum atomic E-state index is 6.42. The van der Waals surface area contributed by atoms with Gasteiger partial charge in [-0.3, -0.25) is 0 Å². The number of rotatable bonds is 4. The Balaban J connectivity index is 1.92. The van der Waals surface area contributed by atoms with Crippen LogP contribution in [0.5, 0.6) is 11.5 Å². The number of hydrogen-bond acceptors (Lipinski definition) is 3. The number of methoxy groups -OCH3 is 2. The van der Waals surface area contributed by atoms with Crippen molar-refractivity contribution in [3.63, 3.8) is 0 Å². The monoisotopic (exact) mass is 459 g/mol. The summed E-state index contributed by atoms with van der Waals surface area (Å²) in [5, 5.41) is 1.75. The normalized spacial score (nSPS) is 11.2. The van der Waals surface area contributed by atoms with Gasteiger partial charge < -0.3 is 18.6 Å². The summed E-state index contributed by atoms with van der Waals surface area (Å²) in [6, 6.07) is 10.2. The molecule has 4 rings (SSSR count). The number of nitrogens with zero attached hydrogens (tertiary/aromatic N) is 3. The Hall–Kier alpha value is -2.44. The van der Waals surface area contributed by atoms with E-state index in [-0.39, 0.29) is 0 Å². The van der Waals surface area contributed by atoms with Crippen LogP contribution in [-0.2, 0) is 14.1 Å². The topological polar surface area (TPSA) is 41.2 Å². The fourth-order valence-electron chi connectivity index (χ4n) is 3.53. The molecule has 0 atom stereocenters. The fourth-order valence-corrected chi connectivity index (χ4v) is 4.43. The highest BCUT2D eigenvalue weighted by Gasteiger charge is 2.18. The third kappa shape index (κ3) is 2.97. The molecule has 144 valence electrons. The van der Waals surface area contributed by atoms with Crippen LogP contribution in [0.3, 0.4) is 0 Å². The van der Waals surface area contributed by atoms with Crippen molar-refractivity contribution in [3.05, 3.63) is 52.4 Å². The van der Waals surface area contributed by atoms with E-state index in [9.17, 15) is 0 Å². The first-order valence-electron chi connectivity index (χ1n) is 8.62. The molecule has 0 saturated carbocycles. The van der Waals surface area contributed by atoms with E-state index in [1.54, 1.807) is 14.2 Å². The molecule has 0 aliphatic rings. The van der Waals surface area contributed by atoms with E-state index in [1.807, 2.05) is 47.9 Å². The van der Waals surface area contributed by atoms with Gasteiger partial charge in [0.15, 0.2) is 11.5 Å². The molecule has 2 aromatic carbocycles. The average Bonchev–Trinajstić information content (AvgIpc) is 3.20. The first kappa shape index (κ1) is 18.9. The van der Waals surface area contributed by atoms with E-state index in [0.717, 1.165) is 42.9 Å². The van der Waals surface area contributed by atoms with E-state index >= 15 is 0 Å². The Labute approximate surface area is 176 Å². The molecule has 5 nitrogen and oxygen atoms in total. The zero-order valence-corrected chi connectivity index (χ0v) is 18.3. The second kappa shape index (κ2) is 7.18. The Kier molecular flexibility index (Phi) is 4.85.